The minimum atomic E-state index is 0.938. The second-order valence-corrected chi connectivity index (χ2v) is 5.17. The van der Waals surface area contributed by atoms with Crippen LogP contribution in [0.4, 0.5) is 0 Å². The van der Waals surface area contributed by atoms with Crippen molar-refractivity contribution < 1.29 is 0 Å². The van der Waals surface area contributed by atoms with Crippen molar-refractivity contribution in [3.8, 4) is 0 Å². The van der Waals surface area contributed by atoms with E-state index in [1.165, 1.54) is 22.4 Å². The predicted molar refractivity (Wildman–Crippen MR) is 79.0 cm³/mol. The summed E-state index contributed by atoms with van der Waals surface area (Å²) < 4.78 is 2.05. The summed E-state index contributed by atoms with van der Waals surface area (Å²) in [4.78, 5) is 2.34. The summed E-state index contributed by atoms with van der Waals surface area (Å²) in [7, 11) is 2.16. The number of rotatable bonds is 5. The van der Waals surface area contributed by atoms with Crippen molar-refractivity contribution in [3.63, 3.8) is 0 Å². The first-order chi connectivity index (χ1) is 9.11. The van der Waals surface area contributed by atoms with Gasteiger partial charge in [-0.25, -0.2) is 0 Å². The van der Waals surface area contributed by atoms with Crippen molar-refractivity contribution in [3.05, 3.63) is 52.8 Å². The van der Waals surface area contributed by atoms with Gasteiger partial charge in [0.05, 0.1) is 6.20 Å². The molecular weight excluding hydrogens is 234 g/mol. The third kappa shape index (κ3) is 3.24. The van der Waals surface area contributed by atoms with E-state index < -0.39 is 0 Å². The highest BCUT2D eigenvalue weighted by molar-refractivity contribution is 5.25. The highest BCUT2D eigenvalue weighted by Gasteiger charge is 2.09. The van der Waals surface area contributed by atoms with Crippen LogP contribution in [0.1, 0.15) is 29.3 Å². The molecule has 0 amide bonds. The number of benzene rings is 1. The molecule has 1 heterocycles. The van der Waals surface area contributed by atoms with Crippen LogP contribution in [0.25, 0.3) is 0 Å². The van der Waals surface area contributed by atoms with Gasteiger partial charge in [-0.2, -0.15) is 5.10 Å². The molecule has 0 atom stereocenters. The van der Waals surface area contributed by atoms with E-state index in [-0.39, 0.29) is 0 Å². The quantitative estimate of drug-likeness (QED) is 0.820. The Bertz CT molecular complexity index is 543. The molecule has 1 aromatic heterocycles. The zero-order chi connectivity index (χ0) is 13.8. The minimum absolute atomic E-state index is 0.938. The second-order valence-electron chi connectivity index (χ2n) is 5.17. The van der Waals surface area contributed by atoms with E-state index in [4.69, 9.17) is 0 Å². The first-order valence-corrected chi connectivity index (χ1v) is 6.86. The lowest BCUT2D eigenvalue weighted by Gasteiger charge is -2.17. The number of aromatic nitrogens is 2. The Labute approximate surface area is 115 Å². The molecule has 3 nitrogen and oxygen atoms in total. The summed E-state index contributed by atoms with van der Waals surface area (Å²) in [6.45, 7) is 9.30. The number of hydrogen-bond acceptors (Lipinski definition) is 2. The maximum absolute atomic E-state index is 4.40. The monoisotopic (exact) mass is 257 g/mol. The fourth-order valence-corrected chi connectivity index (χ4v) is 2.38. The fraction of sp³-hybridized carbons (Fsp3) is 0.438. The summed E-state index contributed by atoms with van der Waals surface area (Å²) in [5.41, 5.74) is 5.35. The van der Waals surface area contributed by atoms with Crippen molar-refractivity contribution in [2.75, 3.05) is 7.05 Å². The summed E-state index contributed by atoms with van der Waals surface area (Å²) >= 11 is 0. The van der Waals surface area contributed by atoms with Gasteiger partial charge in [0.15, 0.2) is 0 Å². The summed E-state index contributed by atoms with van der Waals surface area (Å²) in [5.74, 6) is 0. The molecule has 2 aromatic rings. The average molecular weight is 257 g/mol. The van der Waals surface area contributed by atoms with Gasteiger partial charge in [0, 0.05) is 30.9 Å². The van der Waals surface area contributed by atoms with Gasteiger partial charge in [0.1, 0.15) is 0 Å². The van der Waals surface area contributed by atoms with Crippen molar-refractivity contribution in [1.82, 2.24) is 14.7 Å². The third-order valence-electron chi connectivity index (χ3n) is 3.65. The van der Waals surface area contributed by atoms with Crippen LogP contribution >= 0.6 is 0 Å². The molecule has 0 fully saturated rings. The lowest BCUT2D eigenvalue weighted by Crippen LogP contribution is -2.18. The van der Waals surface area contributed by atoms with E-state index in [9.17, 15) is 0 Å². The van der Waals surface area contributed by atoms with Crippen molar-refractivity contribution in [1.29, 1.82) is 0 Å². The van der Waals surface area contributed by atoms with Crippen LogP contribution in [0.15, 0.2) is 30.5 Å². The smallest absolute Gasteiger partial charge is 0.0537 e. The first kappa shape index (κ1) is 13.8. The van der Waals surface area contributed by atoms with Gasteiger partial charge >= 0.3 is 0 Å². The summed E-state index contributed by atoms with van der Waals surface area (Å²) in [5, 5.41) is 4.40. The highest BCUT2D eigenvalue weighted by Crippen LogP contribution is 2.14. The average Bonchev–Trinajstić information content (AvgIpc) is 2.73. The fourth-order valence-electron chi connectivity index (χ4n) is 2.38. The van der Waals surface area contributed by atoms with Crippen LogP contribution in [0, 0.1) is 13.8 Å². The standard InChI is InChI=1S/C16H23N3/c1-5-19-14(3)16(10-17-19)12-18(4)11-15-9-7-6-8-13(15)2/h6-10H,5,11-12H2,1-4H3. The van der Waals surface area contributed by atoms with Crippen LogP contribution < -0.4 is 0 Å². The molecule has 3 heteroatoms. The Morgan fingerprint density at radius 2 is 1.79 bits per heavy atom. The molecule has 0 radical (unpaired) electrons. The van der Waals surface area contributed by atoms with E-state index in [1.54, 1.807) is 0 Å². The Morgan fingerprint density at radius 1 is 1.11 bits per heavy atom. The Balaban J connectivity index is 2.03. The van der Waals surface area contributed by atoms with Crippen molar-refractivity contribution >= 4 is 0 Å². The SMILES string of the molecule is CCn1ncc(CN(C)Cc2ccccc2C)c1C. The van der Waals surface area contributed by atoms with Crippen LogP contribution in [0.2, 0.25) is 0 Å². The molecule has 0 unspecified atom stereocenters. The highest BCUT2D eigenvalue weighted by atomic mass is 15.3. The third-order valence-corrected chi connectivity index (χ3v) is 3.65. The zero-order valence-electron chi connectivity index (χ0n) is 12.3. The second kappa shape index (κ2) is 6.02. The van der Waals surface area contributed by atoms with Crippen LogP contribution in [0.5, 0.6) is 0 Å². The van der Waals surface area contributed by atoms with Crippen LogP contribution in [-0.2, 0) is 19.6 Å². The lowest BCUT2D eigenvalue weighted by atomic mass is 10.1. The zero-order valence-corrected chi connectivity index (χ0v) is 12.3. The first-order valence-electron chi connectivity index (χ1n) is 6.86. The van der Waals surface area contributed by atoms with Gasteiger partial charge in [0.25, 0.3) is 0 Å². The van der Waals surface area contributed by atoms with Crippen molar-refractivity contribution in [2.24, 2.45) is 0 Å². The molecule has 0 aliphatic rings. The van der Waals surface area contributed by atoms with Crippen LogP contribution in [0.3, 0.4) is 0 Å². The molecule has 0 saturated heterocycles. The molecule has 2 rings (SSSR count). The van der Waals surface area contributed by atoms with E-state index >= 15 is 0 Å². The van der Waals surface area contributed by atoms with Gasteiger partial charge in [-0.05, 0) is 38.9 Å². The molecule has 102 valence electrons. The molecular formula is C16H23N3. The number of nitrogens with zero attached hydrogens (tertiary/aromatic N) is 3. The van der Waals surface area contributed by atoms with Crippen molar-refractivity contribution in [2.45, 2.75) is 40.4 Å². The summed E-state index contributed by atoms with van der Waals surface area (Å²) in [6, 6.07) is 8.57. The molecule has 0 aliphatic heterocycles. The van der Waals surface area contributed by atoms with Gasteiger partial charge in [-0.1, -0.05) is 24.3 Å². The van der Waals surface area contributed by atoms with E-state index in [0.717, 1.165) is 19.6 Å². The molecule has 1 aromatic carbocycles. The molecule has 0 saturated carbocycles. The van der Waals surface area contributed by atoms with Gasteiger partial charge in [0.2, 0.25) is 0 Å². The van der Waals surface area contributed by atoms with E-state index in [0.29, 0.717) is 0 Å². The van der Waals surface area contributed by atoms with Gasteiger partial charge in [-0.3, -0.25) is 9.58 Å². The Morgan fingerprint density at radius 3 is 2.42 bits per heavy atom. The maximum Gasteiger partial charge on any atom is 0.0537 e. The maximum atomic E-state index is 4.40. The Kier molecular flexibility index (Phi) is 4.38. The largest absolute Gasteiger partial charge is 0.298 e. The molecule has 0 spiro atoms. The van der Waals surface area contributed by atoms with Gasteiger partial charge < -0.3 is 0 Å². The lowest BCUT2D eigenvalue weighted by molar-refractivity contribution is 0.317. The van der Waals surface area contributed by atoms with E-state index in [2.05, 4.69) is 66.8 Å². The summed E-state index contributed by atoms with van der Waals surface area (Å²) in [6.07, 6.45) is 1.99. The predicted octanol–water partition coefficient (Wildman–Crippen LogP) is 3.15. The minimum Gasteiger partial charge on any atom is -0.298 e. The molecule has 0 N–H and O–H groups in total. The molecule has 0 aliphatic carbocycles. The number of hydrogen-bond donors (Lipinski definition) is 0. The normalized spacial score (nSPS) is 11.2. The molecule has 19 heavy (non-hydrogen) atoms. The van der Waals surface area contributed by atoms with E-state index in [1.807, 2.05) is 6.20 Å². The Hall–Kier alpha value is -1.61. The molecule has 0 bridgehead atoms. The number of aryl methyl sites for hydroxylation is 2. The topological polar surface area (TPSA) is 21.1 Å². The van der Waals surface area contributed by atoms with Gasteiger partial charge in [-0.15, -0.1) is 0 Å². The van der Waals surface area contributed by atoms with Crippen LogP contribution in [-0.4, -0.2) is 21.7 Å².